The van der Waals surface area contributed by atoms with Crippen LogP contribution in [0.4, 0.5) is 0 Å². The molecule has 0 aliphatic carbocycles. The highest BCUT2D eigenvalue weighted by atomic mass is 35.5. The first-order valence-corrected chi connectivity index (χ1v) is 7.30. The number of rotatable bonds is 4. The molecule has 116 valence electrons. The molecule has 23 heavy (non-hydrogen) atoms. The SMILES string of the molecule is Oc1ccc(/C=C(\C(O)c2ccc(Cl)cc2)n2cncn2)cc1. The molecule has 0 spiro atoms. The van der Waals surface area contributed by atoms with Crippen molar-refractivity contribution in [3.05, 3.63) is 77.3 Å². The average Bonchev–Trinajstić information content (AvgIpc) is 3.08. The molecule has 1 aromatic heterocycles. The standard InChI is InChI=1S/C17H14ClN3O2/c18-14-5-3-13(4-6-14)17(23)16(21-11-19-10-20-21)9-12-1-7-15(22)8-2-12/h1-11,17,22-23H/b16-9+. The van der Waals surface area contributed by atoms with E-state index in [0.717, 1.165) is 5.56 Å². The maximum Gasteiger partial charge on any atom is 0.138 e. The summed E-state index contributed by atoms with van der Waals surface area (Å²) in [6, 6.07) is 13.6. The number of aliphatic hydroxyl groups excluding tert-OH is 1. The van der Waals surface area contributed by atoms with Crippen molar-refractivity contribution < 1.29 is 10.2 Å². The summed E-state index contributed by atoms with van der Waals surface area (Å²) in [6.45, 7) is 0. The Morgan fingerprint density at radius 1 is 1.09 bits per heavy atom. The van der Waals surface area contributed by atoms with Gasteiger partial charge in [-0.2, -0.15) is 5.10 Å². The van der Waals surface area contributed by atoms with E-state index >= 15 is 0 Å². The number of halogens is 1. The van der Waals surface area contributed by atoms with Crippen LogP contribution in [0.3, 0.4) is 0 Å². The van der Waals surface area contributed by atoms with E-state index in [1.165, 1.54) is 17.3 Å². The summed E-state index contributed by atoms with van der Waals surface area (Å²) in [5, 5.41) is 24.8. The molecular weight excluding hydrogens is 314 g/mol. The van der Waals surface area contributed by atoms with Crippen LogP contribution in [-0.4, -0.2) is 25.0 Å². The minimum absolute atomic E-state index is 0.183. The molecule has 0 radical (unpaired) electrons. The van der Waals surface area contributed by atoms with Gasteiger partial charge in [0.15, 0.2) is 0 Å². The summed E-state index contributed by atoms with van der Waals surface area (Å²) in [7, 11) is 0. The lowest BCUT2D eigenvalue weighted by Crippen LogP contribution is -2.08. The molecule has 6 heteroatoms. The summed E-state index contributed by atoms with van der Waals surface area (Å²) in [5.74, 6) is 0.183. The van der Waals surface area contributed by atoms with Crippen LogP contribution in [-0.2, 0) is 0 Å². The Hall–Kier alpha value is -2.63. The summed E-state index contributed by atoms with van der Waals surface area (Å²) in [4.78, 5) is 3.93. The van der Waals surface area contributed by atoms with Gasteiger partial charge >= 0.3 is 0 Å². The van der Waals surface area contributed by atoms with Crippen molar-refractivity contribution >= 4 is 23.4 Å². The second-order valence-corrected chi connectivity index (χ2v) is 5.39. The fourth-order valence-corrected chi connectivity index (χ4v) is 2.30. The monoisotopic (exact) mass is 327 g/mol. The molecule has 0 saturated carbocycles. The van der Waals surface area contributed by atoms with Gasteiger partial charge in [-0.1, -0.05) is 35.9 Å². The maximum absolute atomic E-state index is 10.7. The Bertz CT molecular complexity index is 797. The normalized spacial score (nSPS) is 13.0. The van der Waals surface area contributed by atoms with Crippen LogP contribution in [0.1, 0.15) is 17.2 Å². The van der Waals surface area contributed by atoms with Crippen LogP contribution in [0.5, 0.6) is 5.75 Å². The number of phenolic OH excluding ortho intramolecular Hbond substituents is 1. The topological polar surface area (TPSA) is 71.2 Å². The Balaban J connectivity index is 2.02. The summed E-state index contributed by atoms with van der Waals surface area (Å²) < 4.78 is 1.51. The number of hydrogen-bond donors (Lipinski definition) is 2. The van der Waals surface area contributed by atoms with E-state index in [-0.39, 0.29) is 5.75 Å². The number of aromatic hydroxyl groups is 1. The van der Waals surface area contributed by atoms with Crippen LogP contribution in [0.15, 0.2) is 61.2 Å². The van der Waals surface area contributed by atoms with E-state index in [2.05, 4.69) is 10.1 Å². The third-order valence-corrected chi connectivity index (χ3v) is 3.61. The van der Waals surface area contributed by atoms with Gasteiger partial charge < -0.3 is 10.2 Å². The molecule has 0 fully saturated rings. The van der Waals surface area contributed by atoms with Gasteiger partial charge in [0.2, 0.25) is 0 Å². The molecule has 0 saturated heterocycles. The van der Waals surface area contributed by atoms with Gasteiger partial charge in [-0.15, -0.1) is 0 Å². The fraction of sp³-hybridized carbons (Fsp3) is 0.0588. The molecule has 1 atom stereocenters. The molecule has 0 bridgehead atoms. The zero-order valence-electron chi connectivity index (χ0n) is 12.0. The number of aliphatic hydroxyl groups is 1. The Morgan fingerprint density at radius 2 is 1.78 bits per heavy atom. The molecule has 1 unspecified atom stereocenters. The summed E-state index contributed by atoms with van der Waals surface area (Å²) >= 11 is 5.89. The lowest BCUT2D eigenvalue weighted by molar-refractivity contribution is 0.231. The van der Waals surface area contributed by atoms with Crippen molar-refractivity contribution in [2.45, 2.75) is 6.10 Å². The van der Waals surface area contributed by atoms with Crippen molar-refractivity contribution in [3.8, 4) is 5.75 Å². The lowest BCUT2D eigenvalue weighted by atomic mass is 10.0. The molecule has 3 rings (SSSR count). The summed E-state index contributed by atoms with van der Waals surface area (Å²) in [5.41, 5.74) is 2.05. The highest BCUT2D eigenvalue weighted by molar-refractivity contribution is 6.30. The van der Waals surface area contributed by atoms with E-state index in [1.54, 1.807) is 54.6 Å². The number of aromatic nitrogens is 3. The van der Waals surface area contributed by atoms with Gasteiger partial charge in [-0.25, -0.2) is 9.67 Å². The number of benzene rings is 2. The van der Waals surface area contributed by atoms with Crippen LogP contribution >= 0.6 is 11.6 Å². The van der Waals surface area contributed by atoms with E-state index in [4.69, 9.17) is 11.6 Å². The molecule has 0 amide bonds. The van der Waals surface area contributed by atoms with Gasteiger partial charge in [-0.3, -0.25) is 0 Å². The molecule has 1 heterocycles. The van der Waals surface area contributed by atoms with Crippen molar-refractivity contribution in [3.63, 3.8) is 0 Å². The number of phenols is 1. The second kappa shape index (κ2) is 6.64. The van der Waals surface area contributed by atoms with Crippen molar-refractivity contribution in [2.75, 3.05) is 0 Å². The minimum atomic E-state index is -0.900. The van der Waals surface area contributed by atoms with Crippen molar-refractivity contribution in [2.24, 2.45) is 0 Å². The highest BCUT2D eigenvalue weighted by Gasteiger charge is 2.16. The first-order valence-electron chi connectivity index (χ1n) is 6.92. The number of hydrogen-bond acceptors (Lipinski definition) is 4. The van der Waals surface area contributed by atoms with Crippen molar-refractivity contribution in [1.29, 1.82) is 0 Å². The molecule has 2 N–H and O–H groups in total. The fourth-order valence-electron chi connectivity index (χ4n) is 2.17. The van der Waals surface area contributed by atoms with Gasteiger partial charge in [-0.05, 0) is 41.5 Å². The molecule has 0 aliphatic heterocycles. The second-order valence-electron chi connectivity index (χ2n) is 4.95. The Kier molecular flexibility index (Phi) is 4.41. The van der Waals surface area contributed by atoms with Gasteiger partial charge in [0.05, 0.1) is 5.70 Å². The van der Waals surface area contributed by atoms with Gasteiger partial charge in [0.25, 0.3) is 0 Å². The van der Waals surface area contributed by atoms with E-state index in [9.17, 15) is 10.2 Å². The van der Waals surface area contributed by atoms with Gasteiger partial charge in [0.1, 0.15) is 24.5 Å². The predicted molar refractivity (Wildman–Crippen MR) is 88.7 cm³/mol. The van der Waals surface area contributed by atoms with E-state index in [0.29, 0.717) is 16.3 Å². The summed E-state index contributed by atoms with van der Waals surface area (Å²) in [6.07, 6.45) is 3.81. The van der Waals surface area contributed by atoms with Crippen LogP contribution < -0.4 is 0 Å². The maximum atomic E-state index is 10.7. The first-order chi connectivity index (χ1) is 11.1. The van der Waals surface area contributed by atoms with Crippen molar-refractivity contribution in [1.82, 2.24) is 14.8 Å². The molecule has 2 aromatic carbocycles. The Morgan fingerprint density at radius 3 is 2.39 bits per heavy atom. The van der Waals surface area contributed by atoms with E-state index < -0.39 is 6.10 Å². The first kappa shape index (κ1) is 15.3. The smallest absolute Gasteiger partial charge is 0.138 e. The zero-order chi connectivity index (χ0) is 16.2. The average molecular weight is 328 g/mol. The Labute approximate surface area is 138 Å². The van der Waals surface area contributed by atoms with Crippen LogP contribution in [0, 0.1) is 0 Å². The zero-order valence-corrected chi connectivity index (χ0v) is 12.8. The quantitative estimate of drug-likeness (QED) is 0.770. The third kappa shape index (κ3) is 3.59. The number of nitrogens with zero attached hydrogens (tertiary/aromatic N) is 3. The molecule has 0 aliphatic rings. The van der Waals surface area contributed by atoms with Crippen LogP contribution in [0.2, 0.25) is 5.02 Å². The predicted octanol–water partition coefficient (Wildman–Crippen LogP) is 3.37. The highest BCUT2D eigenvalue weighted by Crippen LogP contribution is 2.28. The lowest BCUT2D eigenvalue weighted by Gasteiger charge is -2.15. The van der Waals surface area contributed by atoms with E-state index in [1.807, 2.05) is 0 Å². The van der Waals surface area contributed by atoms with Crippen LogP contribution in [0.25, 0.3) is 11.8 Å². The largest absolute Gasteiger partial charge is 0.508 e. The minimum Gasteiger partial charge on any atom is -0.508 e. The third-order valence-electron chi connectivity index (χ3n) is 3.36. The molecule has 3 aromatic rings. The van der Waals surface area contributed by atoms with Gasteiger partial charge in [0, 0.05) is 5.02 Å². The molecular formula is C17H14ClN3O2. The molecule has 5 nitrogen and oxygen atoms in total.